The second-order valence-electron chi connectivity index (χ2n) is 9.60. The Balaban J connectivity index is 1.74. The molecule has 0 amide bonds. The van der Waals surface area contributed by atoms with E-state index in [4.69, 9.17) is 16.3 Å². The van der Waals surface area contributed by atoms with Crippen LogP contribution < -0.4 is 0 Å². The first-order valence-electron chi connectivity index (χ1n) is 10.3. The largest absolute Gasteiger partial charge is 0.478 e. The van der Waals surface area contributed by atoms with E-state index in [1.807, 2.05) is 13.0 Å². The van der Waals surface area contributed by atoms with Crippen molar-refractivity contribution in [1.29, 1.82) is 0 Å². The summed E-state index contributed by atoms with van der Waals surface area (Å²) in [5, 5.41) is 21.5. The SMILES string of the molecule is C[C@]12C=CC(=O)C=C1CC[C@@H]1[C@@H]2[C@@H](O)C[C@@]2(C)[C@H]1CC[C@]2(OC(=O)C(Cl)I)C(=O)O. The highest BCUT2D eigenvalue weighted by atomic mass is 127. The Morgan fingerprint density at radius 1 is 1.33 bits per heavy atom. The molecule has 6 nitrogen and oxygen atoms in total. The maximum atomic E-state index is 12.5. The Hall–Kier alpha value is -0.930. The highest BCUT2D eigenvalue weighted by Gasteiger charge is 2.71. The number of rotatable bonds is 3. The lowest BCUT2D eigenvalue weighted by molar-refractivity contribution is -0.208. The Morgan fingerprint density at radius 2 is 2.03 bits per heavy atom. The number of aliphatic carboxylic acids is 1. The number of esters is 1. The number of carboxylic acid groups (broad SMARTS) is 1. The molecule has 0 heterocycles. The standard InChI is InChI=1S/C22H26ClIO6/c1-20-7-5-12(25)9-11(20)3-4-13-14-6-8-22(19(28)29,30-18(27)17(23)24)21(14,2)10-15(26)16(13)20/h5,7,9,13-17,26H,3-4,6,8,10H2,1-2H3,(H,28,29)/t13-,14-,15-,16+,17?,20-,21-,22-/m0/s1. The zero-order chi connectivity index (χ0) is 22.1. The molecule has 30 heavy (non-hydrogen) atoms. The van der Waals surface area contributed by atoms with Crippen molar-refractivity contribution in [3.63, 3.8) is 0 Å². The fourth-order valence-electron chi connectivity index (χ4n) is 7.09. The fourth-order valence-corrected chi connectivity index (χ4v) is 7.26. The van der Waals surface area contributed by atoms with Crippen LogP contribution in [0.25, 0.3) is 0 Å². The molecule has 4 aliphatic rings. The first-order chi connectivity index (χ1) is 14.0. The van der Waals surface area contributed by atoms with E-state index < -0.39 is 37.9 Å². The third-order valence-corrected chi connectivity index (χ3v) is 9.10. The number of aliphatic hydroxyl groups excluding tert-OH is 1. The van der Waals surface area contributed by atoms with Crippen LogP contribution in [0, 0.1) is 28.6 Å². The number of allylic oxidation sites excluding steroid dienone is 4. The van der Waals surface area contributed by atoms with Gasteiger partial charge in [-0.25, -0.2) is 9.59 Å². The van der Waals surface area contributed by atoms with Crippen molar-refractivity contribution >= 4 is 51.9 Å². The lowest BCUT2D eigenvalue weighted by atomic mass is 9.46. The predicted octanol–water partition coefficient (Wildman–Crippen LogP) is 3.63. The van der Waals surface area contributed by atoms with Crippen LogP contribution in [0.1, 0.15) is 46.0 Å². The van der Waals surface area contributed by atoms with Crippen molar-refractivity contribution in [1.82, 2.24) is 0 Å². The van der Waals surface area contributed by atoms with Crippen molar-refractivity contribution < 1.29 is 29.3 Å². The number of ketones is 1. The first-order valence-corrected chi connectivity index (χ1v) is 12.0. The minimum Gasteiger partial charge on any atom is -0.478 e. The first kappa shape index (κ1) is 22.3. The van der Waals surface area contributed by atoms with Gasteiger partial charge < -0.3 is 14.9 Å². The van der Waals surface area contributed by atoms with E-state index in [2.05, 4.69) is 6.92 Å². The molecule has 3 saturated carbocycles. The summed E-state index contributed by atoms with van der Waals surface area (Å²) in [6, 6.07) is 0. The van der Waals surface area contributed by atoms with Gasteiger partial charge >= 0.3 is 11.9 Å². The van der Waals surface area contributed by atoms with Gasteiger partial charge in [-0.15, -0.1) is 0 Å². The van der Waals surface area contributed by atoms with Gasteiger partial charge in [-0.2, -0.15) is 0 Å². The Labute approximate surface area is 194 Å². The number of fused-ring (bicyclic) bond motifs is 5. The number of ether oxygens (including phenoxy) is 1. The van der Waals surface area contributed by atoms with Gasteiger partial charge in [0.2, 0.25) is 5.60 Å². The number of aliphatic hydroxyl groups is 1. The molecule has 2 N–H and O–H groups in total. The second-order valence-corrected chi connectivity index (χ2v) is 12.0. The van der Waals surface area contributed by atoms with Crippen LogP contribution in [0.3, 0.4) is 0 Å². The van der Waals surface area contributed by atoms with E-state index in [1.54, 1.807) is 34.7 Å². The van der Waals surface area contributed by atoms with Crippen LogP contribution in [0.5, 0.6) is 0 Å². The topological polar surface area (TPSA) is 101 Å². The summed E-state index contributed by atoms with van der Waals surface area (Å²) in [5.74, 6) is -2.00. The number of carboxylic acids is 1. The summed E-state index contributed by atoms with van der Waals surface area (Å²) in [6.07, 6.45) is 6.96. The molecule has 0 saturated heterocycles. The average Bonchev–Trinajstić information content (AvgIpc) is 2.94. The smallest absolute Gasteiger partial charge is 0.348 e. The van der Waals surface area contributed by atoms with Crippen LogP contribution in [0.15, 0.2) is 23.8 Å². The van der Waals surface area contributed by atoms with Gasteiger partial charge in [0.1, 0.15) is 0 Å². The van der Waals surface area contributed by atoms with Gasteiger partial charge in [0.15, 0.2) is 9.17 Å². The lowest BCUT2D eigenvalue weighted by Crippen LogP contribution is -2.62. The van der Waals surface area contributed by atoms with Crippen LogP contribution >= 0.6 is 34.2 Å². The molecule has 0 aromatic heterocycles. The maximum absolute atomic E-state index is 12.5. The molecule has 8 atom stereocenters. The minimum atomic E-state index is -1.70. The Morgan fingerprint density at radius 3 is 2.67 bits per heavy atom. The normalized spacial score (nSPS) is 45.6. The van der Waals surface area contributed by atoms with Gasteiger partial charge in [-0.1, -0.05) is 59.7 Å². The molecule has 1 unspecified atom stereocenters. The summed E-state index contributed by atoms with van der Waals surface area (Å²) in [4.78, 5) is 36.7. The van der Waals surface area contributed by atoms with E-state index >= 15 is 0 Å². The average molecular weight is 549 g/mol. The Kier molecular flexibility index (Phi) is 5.42. The van der Waals surface area contributed by atoms with E-state index in [-0.39, 0.29) is 36.4 Å². The van der Waals surface area contributed by atoms with Crippen LogP contribution in [-0.4, -0.2) is 43.0 Å². The third kappa shape index (κ3) is 2.94. The maximum Gasteiger partial charge on any atom is 0.348 e. The quantitative estimate of drug-likeness (QED) is 0.317. The monoisotopic (exact) mass is 548 g/mol. The molecule has 3 fully saturated rings. The highest BCUT2D eigenvalue weighted by Crippen LogP contribution is 2.67. The van der Waals surface area contributed by atoms with E-state index in [9.17, 15) is 24.6 Å². The van der Waals surface area contributed by atoms with Crippen LogP contribution in [0.2, 0.25) is 0 Å². The number of alkyl halides is 2. The van der Waals surface area contributed by atoms with Gasteiger partial charge in [-0.05, 0) is 56.1 Å². The summed E-state index contributed by atoms with van der Waals surface area (Å²) in [5.41, 5.74) is -1.98. The van der Waals surface area contributed by atoms with E-state index in [1.165, 1.54) is 0 Å². The van der Waals surface area contributed by atoms with Crippen LogP contribution in [0.4, 0.5) is 0 Å². The molecule has 0 aliphatic heterocycles. The van der Waals surface area contributed by atoms with Crippen molar-refractivity contribution in [3.8, 4) is 0 Å². The van der Waals surface area contributed by atoms with Crippen molar-refractivity contribution in [2.45, 2.75) is 61.0 Å². The molecule has 164 valence electrons. The highest BCUT2D eigenvalue weighted by molar-refractivity contribution is 14.1. The lowest BCUT2D eigenvalue weighted by Gasteiger charge is -2.59. The molecular weight excluding hydrogens is 523 g/mol. The van der Waals surface area contributed by atoms with Gasteiger partial charge in [0, 0.05) is 16.7 Å². The molecule has 0 radical (unpaired) electrons. The van der Waals surface area contributed by atoms with E-state index in [0.29, 0.717) is 6.42 Å². The number of carbonyl (C=O) groups excluding carboxylic acids is 2. The predicted molar refractivity (Wildman–Crippen MR) is 118 cm³/mol. The van der Waals surface area contributed by atoms with Crippen LogP contribution in [-0.2, 0) is 19.1 Å². The van der Waals surface area contributed by atoms with E-state index in [0.717, 1.165) is 18.4 Å². The zero-order valence-electron chi connectivity index (χ0n) is 16.9. The van der Waals surface area contributed by atoms with Crippen molar-refractivity contribution in [2.75, 3.05) is 0 Å². The van der Waals surface area contributed by atoms with Gasteiger partial charge in [0.25, 0.3) is 0 Å². The Bertz CT molecular complexity index is 868. The number of hydrogen-bond donors (Lipinski definition) is 2. The number of halogens is 2. The summed E-state index contributed by atoms with van der Waals surface area (Å²) in [6.45, 7) is 3.91. The summed E-state index contributed by atoms with van der Waals surface area (Å²) in [7, 11) is 0. The zero-order valence-corrected chi connectivity index (χ0v) is 19.9. The molecule has 8 heteroatoms. The molecule has 0 aromatic rings. The molecule has 0 spiro atoms. The number of carbonyl (C=O) groups is 3. The molecule has 4 rings (SSSR count). The molecule has 0 aromatic carbocycles. The third-order valence-electron chi connectivity index (χ3n) is 8.41. The van der Waals surface area contributed by atoms with Gasteiger partial charge in [0.05, 0.1) is 6.10 Å². The van der Waals surface area contributed by atoms with Crippen molar-refractivity contribution in [3.05, 3.63) is 23.8 Å². The molecular formula is C22H26ClIO6. The fraction of sp³-hybridized carbons (Fsp3) is 0.682. The summed E-state index contributed by atoms with van der Waals surface area (Å²) < 4.78 is 4.63. The second kappa shape index (κ2) is 7.30. The van der Waals surface area contributed by atoms with Gasteiger partial charge in [-0.3, -0.25) is 4.79 Å². The minimum absolute atomic E-state index is 0.0119. The number of hydrogen-bond acceptors (Lipinski definition) is 5. The van der Waals surface area contributed by atoms with Crippen molar-refractivity contribution in [2.24, 2.45) is 28.6 Å². The summed E-state index contributed by atoms with van der Waals surface area (Å²) >= 11 is 7.57. The molecule has 4 aliphatic carbocycles. The molecule has 0 bridgehead atoms.